The number of carbonyl (C=O) groups excluding carboxylic acids is 1. The van der Waals surface area contributed by atoms with Crippen molar-refractivity contribution in [3.8, 4) is 5.75 Å². The van der Waals surface area contributed by atoms with E-state index in [9.17, 15) is 9.59 Å². The molecule has 6 nitrogen and oxygen atoms in total. The van der Waals surface area contributed by atoms with Gasteiger partial charge in [-0.1, -0.05) is 23.7 Å². The van der Waals surface area contributed by atoms with Crippen LogP contribution in [-0.2, 0) is 6.42 Å². The van der Waals surface area contributed by atoms with Crippen molar-refractivity contribution in [1.82, 2.24) is 10.3 Å². The van der Waals surface area contributed by atoms with Crippen molar-refractivity contribution >= 4 is 34.2 Å². The van der Waals surface area contributed by atoms with Crippen LogP contribution in [0.1, 0.15) is 11.1 Å². The number of aromatic amines is 1. The molecule has 2 aromatic carbocycles. The molecule has 7 heteroatoms. The highest BCUT2D eigenvalue weighted by atomic mass is 35.5. The van der Waals surface area contributed by atoms with Gasteiger partial charge in [0, 0.05) is 28.2 Å². The molecule has 1 aromatic heterocycles. The SMILES string of the molecule is COc1ccc(C)c2cc(CCNC(=O)Nc3cccc(Cl)c3)c(=O)[nH]c12. The van der Waals surface area contributed by atoms with Crippen LogP contribution >= 0.6 is 11.6 Å². The quantitative estimate of drug-likeness (QED) is 0.623. The summed E-state index contributed by atoms with van der Waals surface area (Å²) >= 11 is 5.89. The van der Waals surface area contributed by atoms with E-state index in [-0.39, 0.29) is 11.6 Å². The molecule has 0 unspecified atom stereocenters. The standard InChI is InChI=1S/C20H20ClN3O3/c1-12-6-7-17(27-2)18-16(12)10-13(19(25)24-18)8-9-22-20(26)23-15-5-3-4-14(21)11-15/h3-7,10-11H,8-9H2,1-2H3,(H,24,25)(H2,22,23,26). The zero-order valence-corrected chi connectivity index (χ0v) is 15.8. The van der Waals surface area contributed by atoms with Crippen molar-refractivity contribution in [1.29, 1.82) is 0 Å². The molecule has 0 bridgehead atoms. The van der Waals surface area contributed by atoms with Crippen LogP contribution < -0.4 is 20.9 Å². The van der Waals surface area contributed by atoms with Gasteiger partial charge in [-0.15, -0.1) is 0 Å². The van der Waals surface area contributed by atoms with Gasteiger partial charge in [0.25, 0.3) is 5.56 Å². The van der Waals surface area contributed by atoms with Crippen LogP contribution in [0.2, 0.25) is 5.02 Å². The molecule has 27 heavy (non-hydrogen) atoms. The fraction of sp³-hybridized carbons (Fsp3) is 0.200. The van der Waals surface area contributed by atoms with E-state index < -0.39 is 0 Å². The summed E-state index contributed by atoms with van der Waals surface area (Å²) in [6.07, 6.45) is 0.408. The number of pyridine rings is 1. The first kappa shape index (κ1) is 18.8. The molecule has 0 spiro atoms. The molecule has 0 radical (unpaired) electrons. The maximum Gasteiger partial charge on any atom is 0.319 e. The lowest BCUT2D eigenvalue weighted by Crippen LogP contribution is -2.31. The van der Waals surface area contributed by atoms with E-state index in [1.54, 1.807) is 31.4 Å². The van der Waals surface area contributed by atoms with Crippen LogP contribution in [0.5, 0.6) is 5.75 Å². The smallest absolute Gasteiger partial charge is 0.319 e. The molecule has 140 valence electrons. The molecule has 3 rings (SSSR count). The van der Waals surface area contributed by atoms with Crippen LogP contribution in [0.4, 0.5) is 10.5 Å². The van der Waals surface area contributed by atoms with Crippen molar-refractivity contribution in [2.45, 2.75) is 13.3 Å². The molecule has 0 saturated carbocycles. The number of aryl methyl sites for hydroxylation is 1. The van der Waals surface area contributed by atoms with E-state index >= 15 is 0 Å². The van der Waals surface area contributed by atoms with Crippen LogP contribution in [-0.4, -0.2) is 24.7 Å². The van der Waals surface area contributed by atoms with E-state index in [1.807, 2.05) is 25.1 Å². The van der Waals surface area contributed by atoms with Crippen LogP contribution in [0.25, 0.3) is 10.9 Å². The first-order valence-corrected chi connectivity index (χ1v) is 8.85. The van der Waals surface area contributed by atoms with Gasteiger partial charge in [-0.25, -0.2) is 4.79 Å². The van der Waals surface area contributed by atoms with Gasteiger partial charge in [-0.2, -0.15) is 0 Å². The van der Waals surface area contributed by atoms with E-state index in [0.717, 1.165) is 10.9 Å². The van der Waals surface area contributed by atoms with Crippen LogP contribution in [0.15, 0.2) is 47.3 Å². The van der Waals surface area contributed by atoms with Crippen LogP contribution in [0.3, 0.4) is 0 Å². The van der Waals surface area contributed by atoms with Crippen molar-refractivity contribution in [3.63, 3.8) is 0 Å². The lowest BCUT2D eigenvalue weighted by molar-refractivity contribution is 0.252. The van der Waals surface area contributed by atoms with Gasteiger partial charge in [0.2, 0.25) is 0 Å². The van der Waals surface area contributed by atoms with Crippen molar-refractivity contribution in [2.75, 3.05) is 19.0 Å². The number of ether oxygens (including phenoxy) is 1. The largest absolute Gasteiger partial charge is 0.495 e. The maximum atomic E-state index is 12.4. The number of urea groups is 1. The number of rotatable bonds is 5. The number of carbonyl (C=O) groups is 1. The zero-order chi connectivity index (χ0) is 19.4. The fourth-order valence-electron chi connectivity index (χ4n) is 2.86. The Balaban J connectivity index is 1.68. The summed E-state index contributed by atoms with van der Waals surface area (Å²) in [5, 5.41) is 6.91. The topological polar surface area (TPSA) is 83.2 Å². The summed E-state index contributed by atoms with van der Waals surface area (Å²) in [6, 6.07) is 12.2. The molecular formula is C20H20ClN3O3. The Kier molecular flexibility index (Phi) is 5.66. The highest BCUT2D eigenvalue weighted by molar-refractivity contribution is 6.30. The minimum Gasteiger partial charge on any atom is -0.495 e. The number of methoxy groups -OCH3 is 1. The normalized spacial score (nSPS) is 10.6. The number of hydrogen-bond donors (Lipinski definition) is 3. The maximum absolute atomic E-state index is 12.4. The number of amides is 2. The Morgan fingerprint density at radius 3 is 2.78 bits per heavy atom. The summed E-state index contributed by atoms with van der Waals surface area (Å²) in [7, 11) is 1.57. The van der Waals surface area contributed by atoms with Crippen molar-refractivity contribution in [2.24, 2.45) is 0 Å². The predicted octanol–water partition coefficient (Wildman–Crippen LogP) is 3.86. The van der Waals surface area contributed by atoms with E-state index in [4.69, 9.17) is 16.3 Å². The first-order valence-electron chi connectivity index (χ1n) is 8.48. The number of hydrogen-bond acceptors (Lipinski definition) is 3. The van der Waals surface area contributed by atoms with Gasteiger partial charge < -0.3 is 20.4 Å². The summed E-state index contributed by atoms with van der Waals surface area (Å²) < 4.78 is 5.31. The Bertz CT molecular complexity index is 1050. The lowest BCUT2D eigenvalue weighted by atomic mass is 10.1. The van der Waals surface area contributed by atoms with E-state index in [0.29, 0.717) is 40.5 Å². The summed E-state index contributed by atoms with van der Waals surface area (Å²) in [5.41, 5.74) is 2.73. The zero-order valence-electron chi connectivity index (χ0n) is 15.1. The molecule has 0 atom stereocenters. The predicted molar refractivity (Wildman–Crippen MR) is 108 cm³/mol. The fourth-order valence-corrected chi connectivity index (χ4v) is 3.05. The second-order valence-corrected chi connectivity index (χ2v) is 6.57. The minimum absolute atomic E-state index is 0.191. The van der Waals surface area contributed by atoms with Gasteiger partial charge >= 0.3 is 6.03 Å². The third-order valence-electron chi connectivity index (χ3n) is 4.26. The number of anilines is 1. The number of fused-ring (bicyclic) bond motifs is 1. The molecule has 0 aliphatic rings. The molecule has 2 amide bonds. The van der Waals surface area contributed by atoms with Crippen molar-refractivity contribution < 1.29 is 9.53 Å². The second-order valence-electron chi connectivity index (χ2n) is 6.14. The average molecular weight is 386 g/mol. The lowest BCUT2D eigenvalue weighted by Gasteiger charge is -2.10. The molecule has 3 N–H and O–H groups in total. The summed E-state index contributed by atoms with van der Waals surface area (Å²) in [4.78, 5) is 27.2. The van der Waals surface area contributed by atoms with Gasteiger partial charge in [0.05, 0.1) is 12.6 Å². The molecule has 0 saturated heterocycles. The second kappa shape index (κ2) is 8.14. The third-order valence-corrected chi connectivity index (χ3v) is 4.49. The molecule has 3 aromatic rings. The number of benzene rings is 2. The van der Waals surface area contributed by atoms with E-state index in [2.05, 4.69) is 15.6 Å². The molecule has 0 fully saturated rings. The molecular weight excluding hydrogens is 366 g/mol. The van der Waals surface area contributed by atoms with Crippen molar-refractivity contribution in [3.05, 3.63) is 69.0 Å². The highest BCUT2D eigenvalue weighted by Gasteiger charge is 2.10. The third kappa shape index (κ3) is 4.41. The molecule has 1 heterocycles. The van der Waals surface area contributed by atoms with E-state index in [1.165, 1.54) is 0 Å². The highest BCUT2D eigenvalue weighted by Crippen LogP contribution is 2.25. The Labute approximate surface area is 161 Å². The number of aromatic nitrogens is 1. The number of H-pyrrole nitrogens is 1. The summed E-state index contributed by atoms with van der Waals surface area (Å²) in [6.45, 7) is 2.30. The molecule has 0 aliphatic heterocycles. The number of nitrogens with one attached hydrogen (secondary N) is 3. The Hall–Kier alpha value is -2.99. The summed E-state index contributed by atoms with van der Waals surface area (Å²) in [5.74, 6) is 0.623. The first-order chi connectivity index (χ1) is 13.0. The molecule has 0 aliphatic carbocycles. The minimum atomic E-state index is -0.354. The number of halogens is 1. The average Bonchev–Trinajstić information content (AvgIpc) is 2.63. The Morgan fingerprint density at radius 2 is 2.04 bits per heavy atom. The Morgan fingerprint density at radius 1 is 1.22 bits per heavy atom. The van der Waals surface area contributed by atoms with Gasteiger partial charge in [-0.05, 0) is 49.2 Å². The monoisotopic (exact) mass is 385 g/mol. The van der Waals surface area contributed by atoms with Gasteiger partial charge in [-0.3, -0.25) is 4.79 Å². The van der Waals surface area contributed by atoms with Gasteiger partial charge in [0.15, 0.2) is 0 Å². The van der Waals surface area contributed by atoms with Crippen LogP contribution in [0, 0.1) is 6.92 Å². The van der Waals surface area contributed by atoms with Gasteiger partial charge in [0.1, 0.15) is 5.75 Å².